The van der Waals surface area contributed by atoms with Crippen molar-refractivity contribution >= 4 is 11.8 Å². The number of ether oxygens (including phenoxy) is 1. The van der Waals surface area contributed by atoms with Gasteiger partial charge in [-0.25, -0.2) is 4.79 Å². The van der Waals surface area contributed by atoms with E-state index in [0.29, 0.717) is 5.92 Å². The number of benzene rings is 2. The van der Waals surface area contributed by atoms with Crippen LogP contribution in [0.25, 0.3) is 11.1 Å². The number of nitrogens with one attached hydrogen (secondary N) is 1. The first-order valence-electron chi connectivity index (χ1n) is 7.95. The van der Waals surface area contributed by atoms with E-state index in [1.807, 2.05) is 45.0 Å². The number of hydrogen-bond acceptors (Lipinski definition) is 2. The molecule has 0 bridgehead atoms. The lowest BCUT2D eigenvalue weighted by molar-refractivity contribution is 0.0636. The molecule has 0 aliphatic rings. The molecule has 0 spiro atoms. The summed E-state index contributed by atoms with van der Waals surface area (Å²) < 4.78 is 5.25. The topological polar surface area (TPSA) is 38.3 Å². The zero-order valence-electron chi connectivity index (χ0n) is 14.5. The Morgan fingerprint density at radius 1 is 1.00 bits per heavy atom. The molecule has 1 N–H and O–H groups in total. The number of carbonyl (C=O) groups excluding carboxylic acids is 1. The van der Waals surface area contributed by atoms with Crippen molar-refractivity contribution in [2.24, 2.45) is 0 Å². The lowest BCUT2D eigenvalue weighted by Crippen LogP contribution is -2.27. The van der Waals surface area contributed by atoms with Crippen LogP contribution in [0.2, 0.25) is 0 Å². The first-order chi connectivity index (χ1) is 10.7. The van der Waals surface area contributed by atoms with Crippen LogP contribution in [0.5, 0.6) is 0 Å². The van der Waals surface area contributed by atoms with Gasteiger partial charge >= 0.3 is 6.09 Å². The van der Waals surface area contributed by atoms with Gasteiger partial charge in [0.15, 0.2) is 0 Å². The maximum Gasteiger partial charge on any atom is 0.412 e. The van der Waals surface area contributed by atoms with Gasteiger partial charge in [-0.15, -0.1) is 0 Å². The van der Waals surface area contributed by atoms with Crippen molar-refractivity contribution in [3.05, 3.63) is 54.1 Å². The van der Waals surface area contributed by atoms with Gasteiger partial charge < -0.3 is 4.74 Å². The van der Waals surface area contributed by atoms with Crippen LogP contribution in [0.15, 0.2) is 48.5 Å². The van der Waals surface area contributed by atoms with Crippen LogP contribution in [0, 0.1) is 0 Å². The third-order valence-corrected chi connectivity index (χ3v) is 3.42. The molecule has 0 heterocycles. The zero-order chi connectivity index (χ0) is 17.0. The van der Waals surface area contributed by atoms with E-state index in [9.17, 15) is 4.79 Å². The summed E-state index contributed by atoms with van der Waals surface area (Å²) in [4.78, 5) is 11.8. The van der Waals surface area contributed by atoms with Crippen molar-refractivity contribution in [3.8, 4) is 11.1 Å². The van der Waals surface area contributed by atoms with Gasteiger partial charge in [-0.2, -0.15) is 0 Å². The van der Waals surface area contributed by atoms with Crippen molar-refractivity contribution in [2.45, 2.75) is 46.1 Å². The van der Waals surface area contributed by atoms with Crippen molar-refractivity contribution < 1.29 is 9.53 Å². The summed E-state index contributed by atoms with van der Waals surface area (Å²) >= 11 is 0. The first kappa shape index (κ1) is 17.1. The molecule has 2 rings (SSSR count). The predicted molar refractivity (Wildman–Crippen MR) is 95.8 cm³/mol. The normalized spacial score (nSPS) is 11.4. The molecule has 0 aliphatic carbocycles. The average Bonchev–Trinajstić information content (AvgIpc) is 2.46. The van der Waals surface area contributed by atoms with E-state index in [-0.39, 0.29) is 0 Å². The van der Waals surface area contributed by atoms with E-state index in [2.05, 4.69) is 43.4 Å². The van der Waals surface area contributed by atoms with Gasteiger partial charge in [0.1, 0.15) is 5.60 Å². The molecule has 122 valence electrons. The van der Waals surface area contributed by atoms with Crippen molar-refractivity contribution in [1.82, 2.24) is 0 Å². The Balaban J connectivity index is 2.10. The molecule has 2 aromatic rings. The monoisotopic (exact) mass is 311 g/mol. The molecule has 0 saturated heterocycles. The Labute approximate surface area is 138 Å². The number of carbonyl (C=O) groups is 1. The van der Waals surface area contributed by atoms with Crippen LogP contribution in [-0.4, -0.2) is 11.7 Å². The highest BCUT2D eigenvalue weighted by Gasteiger charge is 2.16. The Hall–Kier alpha value is -2.29. The smallest absolute Gasteiger partial charge is 0.412 e. The van der Waals surface area contributed by atoms with E-state index < -0.39 is 11.7 Å². The largest absolute Gasteiger partial charge is 0.444 e. The molecule has 1 amide bonds. The van der Waals surface area contributed by atoms with Gasteiger partial charge in [-0.1, -0.05) is 50.2 Å². The van der Waals surface area contributed by atoms with E-state index >= 15 is 0 Å². The summed E-state index contributed by atoms with van der Waals surface area (Å²) in [5.41, 5.74) is 3.85. The lowest BCUT2D eigenvalue weighted by Gasteiger charge is -2.19. The molecule has 0 radical (unpaired) electrons. The molecule has 0 unspecified atom stereocenters. The first-order valence-corrected chi connectivity index (χ1v) is 7.95. The van der Waals surface area contributed by atoms with E-state index in [1.54, 1.807) is 0 Å². The Morgan fingerprint density at radius 3 is 2.22 bits per heavy atom. The molecular weight excluding hydrogens is 286 g/mol. The maximum atomic E-state index is 11.8. The SMILES string of the molecule is CC(C)c1cccc(-c2ccc(NC(=O)OC(C)(C)C)cc2)c1. The molecular formula is C20H25NO2. The van der Waals surface area contributed by atoms with Gasteiger partial charge in [0.2, 0.25) is 0 Å². The fourth-order valence-electron chi connectivity index (χ4n) is 2.24. The number of hydrogen-bond donors (Lipinski definition) is 1. The van der Waals surface area contributed by atoms with Crippen molar-refractivity contribution in [3.63, 3.8) is 0 Å². The summed E-state index contributed by atoms with van der Waals surface area (Å²) in [6.07, 6.45) is -0.438. The van der Waals surface area contributed by atoms with Gasteiger partial charge in [-0.3, -0.25) is 5.32 Å². The minimum absolute atomic E-state index is 0.438. The molecule has 0 aromatic heterocycles. The highest BCUT2D eigenvalue weighted by atomic mass is 16.6. The molecule has 0 aliphatic heterocycles. The Kier molecular flexibility index (Phi) is 5.09. The van der Waals surface area contributed by atoms with Crippen LogP contribution in [0.3, 0.4) is 0 Å². The third-order valence-electron chi connectivity index (χ3n) is 3.42. The number of amides is 1. The van der Waals surface area contributed by atoms with Crippen molar-refractivity contribution in [2.75, 3.05) is 5.32 Å². The maximum absolute atomic E-state index is 11.8. The number of rotatable bonds is 3. The molecule has 3 nitrogen and oxygen atoms in total. The average molecular weight is 311 g/mol. The fourth-order valence-corrected chi connectivity index (χ4v) is 2.24. The van der Waals surface area contributed by atoms with E-state index in [1.165, 1.54) is 11.1 Å². The summed E-state index contributed by atoms with van der Waals surface area (Å²) in [7, 11) is 0. The minimum Gasteiger partial charge on any atom is -0.444 e. The zero-order valence-corrected chi connectivity index (χ0v) is 14.5. The van der Waals surface area contributed by atoms with Crippen LogP contribution in [0.1, 0.15) is 46.1 Å². The molecule has 0 saturated carbocycles. The fraction of sp³-hybridized carbons (Fsp3) is 0.350. The summed E-state index contributed by atoms with van der Waals surface area (Å²) in [5, 5.41) is 2.75. The quantitative estimate of drug-likeness (QED) is 0.775. The molecule has 0 fully saturated rings. The van der Waals surface area contributed by atoms with Crippen LogP contribution < -0.4 is 5.32 Å². The molecule has 23 heavy (non-hydrogen) atoms. The third kappa shape index (κ3) is 5.13. The molecule has 2 aromatic carbocycles. The van der Waals surface area contributed by atoms with E-state index in [0.717, 1.165) is 11.3 Å². The molecule has 3 heteroatoms. The summed E-state index contributed by atoms with van der Waals surface area (Å²) in [5.74, 6) is 0.503. The second kappa shape index (κ2) is 6.86. The lowest BCUT2D eigenvalue weighted by atomic mass is 9.97. The highest BCUT2D eigenvalue weighted by Crippen LogP contribution is 2.25. The minimum atomic E-state index is -0.499. The highest BCUT2D eigenvalue weighted by molar-refractivity contribution is 5.85. The predicted octanol–water partition coefficient (Wildman–Crippen LogP) is 5.82. The summed E-state index contributed by atoms with van der Waals surface area (Å²) in [6, 6.07) is 16.3. The number of anilines is 1. The van der Waals surface area contributed by atoms with Crippen LogP contribution >= 0.6 is 0 Å². The van der Waals surface area contributed by atoms with E-state index in [4.69, 9.17) is 4.74 Å². The van der Waals surface area contributed by atoms with Gasteiger partial charge in [0, 0.05) is 5.69 Å². The molecule has 0 atom stereocenters. The van der Waals surface area contributed by atoms with Gasteiger partial charge in [0.25, 0.3) is 0 Å². The standard InChI is InChI=1S/C20H25NO2/c1-14(2)16-7-6-8-17(13-16)15-9-11-18(12-10-15)21-19(22)23-20(3,4)5/h6-14H,1-5H3,(H,21,22). The Bertz CT molecular complexity index is 667. The summed E-state index contributed by atoms with van der Waals surface area (Å²) in [6.45, 7) is 9.91. The van der Waals surface area contributed by atoms with Crippen LogP contribution in [0.4, 0.5) is 10.5 Å². The Morgan fingerprint density at radius 2 is 1.65 bits per heavy atom. The van der Waals surface area contributed by atoms with Crippen LogP contribution in [-0.2, 0) is 4.74 Å². The second-order valence-corrected chi connectivity index (χ2v) is 6.98. The van der Waals surface area contributed by atoms with Gasteiger partial charge in [0.05, 0.1) is 0 Å². The van der Waals surface area contributed by atoms with Crippen molar-refractivity contribution in [1.29, 1.82) is 0 Å². The second-order valence-electron chi connectivity index (χ2n) is 6.98. The van der Waals surface area contributed by atoms with Gasteiger partial charge in [-0.05, 0) is 55.5 Å².